The summed E-state index contributed by atoms with van der Waals surface area (Å²) in [5, 5.41) is 10.8. The summed E-state index contributed by atoms with van der Waals surface area (Å²) in [6.07, 6.45) is 1.87. The topological polar surface area (TPSA) is 50.9 Å². The number of nitrogens with zero attached hydrogens (tertiary/aromatic N) is 3. The molecule has 7 aromatic rings. The SMILES string of the molecule is CC(C)(c1ccccc1)c1cccnc1-c1cccc(-c2cccc3c2nc(-c2ccccc2O)n3-c2ccccc2)c1. The summed E-state index contributed by atoms with van der Waals surface area (Å²) in [4.78, 5) is 10.1. The standard InChI is InChI=1S/C39H31N3O/c1-39(2,29-16-5-3-6-17-29)33-22-13-25-40-36(33)28-15-11-14-27(26-28)31-21-12-23-34-37(31)41-38(32-20-9-10-24-35(32)43)42(34)30-18-7-4-8-19-30/h3-26,43H,1-2H3. The molecule has 4 nitrogen and oxygen atoms in total. The number of benzene rings is 5. The van der Waals surface area contributed by atoms with Crippen LogP contribution in [0.4, 0.5) is 0 Å². The van der Waals surface area contributed by atoms with E-state index in [1.54, 1.807) is 6.07 Å². The van der Waals surface area contributed by atoms with Crippen LogP contribution < -0.4 is 0 Å². The van der Waals surface area contributed by atoms with E-state index in [9.17, 15) is 5.11 Å². The van der Waals surface area contributed by atoms with Crippen LogP contribution in [0.3, 0.4) is 0 Å². The second-order valence-corrected chi connectivity index (χ2v) is 11.3. The van der Waals surface area contributed by atoms with Gasteiger partial charge in [0.1, 0.15) is 11.6 Å². The summed E-state index contributed by atoms with van der Waals surface area (Å²) in [6.45, 7) is 4.51. The van der Waals surface area contributed by atoms with E-state index in [1.165, 1.54) is 11.1 Å². The Labute approximate surface area is 251 Å². The van der Waals surface area contributed by atoms with E-state index in [0.29, 0.717) is 11.4 Å². The van der Waals surface area contributed by atoms with Gasteiger partial charge in [0.25, 0.3) is 0 Å². The molecule has 7 rings (SSSR count). The number of rotatable bonds is 6. The Kier molecular flexibility index (Phi) is 6.59. The van der Waals surface area contributed by atoms with Crippen molar-refractivity contribution in [3.8, 4) is 45.2 Å². The molecule has 43 heavy (non-hydrogen) atoms. The fourth-order valence-corrected chi connectivity index (χ4v) is 6.00. The van der Waals surface area contributed by atoms with E-state index >= 15 is 0 Å². The van der Waals surface area contributed by atoms with Gasteiger partial charge in [-0.3, -0.25) is 9.55 Å². The molecule has 208 valence electrons. The summed E-state index contributed by atoms with van der Waals surface area (Å²) in [7, 11) is 0. The molecular formula is C39H31N3O. The van der Waals surface area contributed by atoms with Crippen molar-refractivity contribution in [1.29, 1.82) is 0 Å². The maximum Gasteiger partial charge on any atom is 0.149 e. The van der Waals surface area contributed by atoms with Crippen LogP contribution in [-0.2, 0) is 5.41 Å². The number of aromatic hydroxyl groups is 1. The number of phenolic OH excluding ortho intramolecular Hbond substituents is 1. The van der Waals surface area contributed by atoms with E-state index < -0.39 is 0 Å². The minimum absolute atomic E-state index is 0.197. The molecule has 0 atom stereocenters. The average molecular weight is 558 g/mol. The molecule has 0 unspecified atom stereocenters. The van der Waals surface area contributed by atoms with E-state index in [4.69, 9.17) is 9.97 Å². The number of imidazole rings is 1. The number of aromatic nitrogens is 3. The van der Waals surface area contributed by atoms with Gasteiger partial charge in [-0.2, -0.15) is 0 Å². The maximum atomic E-state index is 10.8. The van der Waals surface area contributed by atoms with Gasteiger partial charge < -0.3 is 5.11 Å². The van der Waals surface area contributed by atoms with Gasteiger partial charge in [-0.25, -0.2) is 4.98 Å². The van der Waals surface area contributed by atoms with Crippen LogP contribution in [-0.4, -0.2) is 19.6 Å². The molecule has 2 heterocycles. The van der Waals surface area contributed by atoms with Crippen molar-refractivity contribution >= 4 is 11.0 Å². The van der Waals surface area contributed by atoms with Gasteiger partial charge in [-0.15, -0.1) is 0 Å². The summed E-state index contributed by atoms with van der Waals surface area (Å²) in [6, 6.07) is 47.2. The predicted molar refractivity (Wildman–Crippen MR) is 175 cm³/mol. The maximum absolute atomic E-state index is 10.8. The zero-order valence-corrected chi connectivity index (χ0v) is 24.1. The van der Waals surface area contributed by atoms with E-state index in [2.05, 4.69) is 109 Å². The van der Waals surface area contributed by atoms with Crippen molar-refractivity contribution in [2.75, 3.05) is 0 Å². The van der Waals surface area contributed by atoms with Gasteiger partial charge in [0, 0.05) is 28.4 Å². The lowest BCUT2D eigenvalue weighted by molar-refractivity contribution is 0.477. The van der Waals surface area contributed by atoms with Crippen LogP contribution in [0.2, 0.25) is 0 Å². The molecule has 0 bridgehead atoms. The fraction of sp³-hybridized carbons (Fsp3) is 0.0769. The van der Waals surface area contributed by atoms with Crippen LogP contribution in [0, 0.1) is 0 Å². The first-order valence-electron chi connectivity index (χ1n) is 14.5. The van der Waals surface area contributed by atoms with E-state index in [0.717, 1.165) is 39.1 Å². The van der Waals surface area contributed by atoms with Crippen molar-refractivity contribution in [3.05, 3.63) is 157 Å². The molecule has 0 amide bonds. The number of hydrogen-bond donors (Lipinski definition) is 1. The smallest absolute Gasteiger partial charge is 0.149 e. The van der Waals surface area contributed by atoms with Gasteiger partial charge >= 0.3 is 0 Å². The molecule has 0 saturated heterocycles. The van der Waals surface area contributed by atoms with Gasteiger partial charge in [-0.05, 0) is 59.2 Å². The van der Waals surface area contributed by atoms with Crippen LogP contribution in [0.1, 0.15) is 25.0 Å². The molecule has 0 radical (unpaired) electrons. The molecule has 0 aliphatic rings. The summed E-state index contributed by atoms with van der Waals surface area (Å²) in [5.41, 5.74) is 9.78. The lowest BCUT2D eigenvalue weighted by atomic mass is 9.76. The molecule has 0 fully saturated rings. The molecule has 0 spiro atoms. The highest BCUT2D eigenvalue weighted by Gasteiger charge is 2.27. The van der Waals surface area contributed by atoms with Gasteiger partial charge in [0.15, 0.2) is 0 Å². The Balaban J connectivity index is 1.41. The Morgan fingerprint density at radius 1 is 0.628 bits per heavy atom. The lowest BCUT2D eigenvalue weighted by Gasteiger charge is -2.28. The van der Waals surface area contributed by atoms with Crippen molar-refractivity contribution in [2.24, 2.45) is 0 Å². The fourth-order valence-electron chi connectivity index (χ4n) is 6.00. The monoisotopic (exact) mass is 557 g/mol. The quantitative estimate of drug-likeness (QED) is 0.222. The van der Waals surface area contributed by atoms with Gasteiger partial charge in [0.2, 0.25) is 0 Å². The first kappa shape index (κ1) is 26.4. The third-order valence-corrected chi connectivity index (χ3v) is 8.27. The minimum Gasteiger partial charge on any atom is -0.507 e. The molecule has 4 heteroatoms. The van der Waals surface area contributed by atoms with Gasteiger partial charge in [-0.1, -0.05) is 111 Å². The number of pyridine rings is 1. The second kappa shape index (κ2) is 10.7. The lowest BCUT2D eigenvalue weighted by Crippen LogP contribution is -2.20. The molecule has 0 saturated carbocycles. The van der Waals surface area contributed by atoms with Crippen LogP contribution in [0.5, 0.6) is 5.75 Å². The summed E-state index contributed by atoms with van der Waals surface area (Å²) >= 11 is 0. The molecule has 2 aromatic heterocycles. The highest BCUT2D eigenvalue weighted by molar-refractivity contribution is 5.96. The molecule has 5 aromatic carbocycles. The highest BCUT2D eigenvalue weighted by Crippen LogP contribution is 2.40. The van der Waals surface area contributed by atoms with E-state index in [1.807, 2.05) is 48.7 Å². The number of hydrogen-bond acceptors (Lipinski definition) is 3. The van der Waals surface area contributed by atoms with Crippen LogP contribution in [0.25, 0.3) is 50.5 Å². The summed E-state index contributed by atoms with van der Waals surface area (Å²) in [5.74, 6) is 0.891. The Hall–Kier alpha value is -5.48. The van der Waals surface area contributed by atoms with Gasteiger partial charge in [0.05, 0.1) is 22.3 Å². The second-order valence-electron chi connectivity index (χ2n) is 11.3. The summed E-state index contributed by atoms with van der Waals surface area (Å²) < 4.78 is 2.12. The number of fused-ring (bicyclic) bond motifs is 1. The van der Waals surface area contributed by atoms with Crippen LogP contribution >= 0.6 is 0 Å². The zero-order valence-electron chi connectivity index (χ0n) is 24.1. The zero-order chi connectivity index (χ0) is 29.4. The van der Waals surface area contributed by atoms with E-state index in [-0.39, 0.29) is 11.2 Å². The normalized spacial score (nSPS) is 11.6. The molecular weight excluding hydrogens is 526 g/mol. The Morgan fingerprint density at radius 3 is 2.09 bits per heavy atom. The average Bonchev–Trinajstić information content (AvgIpc) is 3.45. The first-order chi connectivity index (χ1) is 21.0. The van der Waals surface area contributed by atoms with Crippen molar-refractivity contribution in [1.82, 2.24) is 14.5 Å². The molecule has 0 aliphatic carbocycles. The number of para-hydroxylation sites is 3. The minimum atomic E-state index is -0.234. The third-order valence-electron chi connectivity index (χ3n) is 8.27. The largest absolute Gasteiger partial charge is 0.507 e. The third kappa shape index (κ3) is 4.67. The van der Waals surface area contributed by atoms with Crippen molar-refractivity contribution in [3.63, 3.8) is 0 Å². The Bertz CT molecular complexity index is 2060. The number of phenols is 1. The van der Waals surface area contributed by atoms with Crippen molar-refractivity contribution < 1.29 is 5.11 Å². The highest BCUT2D eigenvalue weighted by atomic mass is 16.3. The van der Waals surface area contributed by atoms with Crippen LogP contribution in [0.15, 0.2) is 146 Å². The molecule has 0 aliphatic heterocycles. The first-order valence-corrected chi connectivity index (χ1v) is 14.5. The Morgan fingerprint density at radius 2 is 1.30 bits per heavy atom. The molecule has 1 N–H and O–H groups in total. The van der Waals surface area contributed by atoms with Crippen molar-refractivity contribution in [2.45, 2.75) is 19.3 Å². The predicted octanol–water partition coefficient (Wildman–Crippen LogP) is 9.45.